The number of rotatable bonds is 5. The van der Waals surface area contributed by atoms with Crippen LogP contribution in [0.3, 0.4) is 0 Å². The van der Waals surface area contributed by atoms with Gasteiger partial charge in [-0.15, -0.1) is 0 Å². The van der Waals surface area contributed by atoms with Crippen molar-refractivity contribution in [3.8, 4) is 5.75 Å². The first kappa shape index (κ1) is 14.3. The van der Waals surface area contributed by atoms with E-state index in [0.717, 1.165) is 25.4 Å². The molecule has 0 spiro atoms. The van der Waals surface area contributed by atoms with Crippen LogP contribution in [0.5, 0.6) is 5.75 Å². The van der Waals surface area contributed by atoms with Crippen LogP contribution in [-0.2, 0) is 11.3 Å². The molecular weight excluding hydrogens is 240 g/mol. The third kappa shape index (κ3) is 3.47. The molecule has 0 aromatic heterocycles. The predicted octanol–water partition coefficient (Wildman–Crippen LogP) is 1.49. The Bertz CT molecular complexity index is 407. The van der Waals surface area contributed by atoms with Crippen LogP contribution in [-0.4, -0.2) is 44.9 Å². The highest BCUT2D eigenvalue weighted by Crippen LogP contribution is 2.28. The van der Waals surface area contributed by atoms with Crippen molar-refractivity contribution >= 4 is 0 Å². The highest BCUT2D eigenvalue weighted by atomic mass is 16.5. The molecule has 1 aromatic rings. The van der Waals surface area contributed by atoms with Crippen LogP contribution in [0.25, 0.3) is 0 Å². The SMILES string of the molecule is COc1ccc(CN(C)CC2(C)COCC2N)cc1. The van der Waals surface area contributed by atoms with E-state index in [4.69, 9.17) is 15.2 Å². The lowest BCUT2D eigenvalue weighted by atomic mass is 9.85. The topological polar surface area (TPSA) is 47.7 Å². The Balaban J connectivity index is 1.91. The molecular formula is C15H24N2O2. The molecule has 4 heteroatoms. The van der Waals surface area contributed by atoms with Gasteiger partial charge in [0.2, 0.25) is 0 Å². The maximum atomic E-state index is 6.12. The van der Waals surface area contributed by atoms with Crippen molar-refractivity contribution in [2.24, 2.45) is 11.1 Å². The molecule has 0 aliphatic carbocycles. The number of methoxy groups -OCH3 is 1. The molecule has 2 rings (SSSR count). The van der Waals surface area contributed by atoms with Gasteiger partial charge in [0.05, 0.1) is 20.3 Å². The van der Waals surface area contributed by atoms with Gasteiger partial charge in [-0.05, 0) is 24.7 Å². The van der Waals surface area contributed by atoms with Crippen molar-refractivity contribution in [3.63, 3.8) is 0 Å². The van der Waals surface area contributed by atoms with Crippen LogP contribution >= 0.6 is 0 Å². The van der Waals surface area contributed by atoms with Crippen LogP contribution in [0, 0.1) is 5.41 Å². The van der Waals surface area contributed by atoms with E-state index in [1.165, 1.54) is 5.56 Å². The molecule has 0 bridgehead atoms. The summed E-state index contributed by atoms with van der Waals surface area (Å²) in [5, 5.41) is 0. The molecule has 106 valence electrons. The second kappa shape index (κ2) is 5.90. The Labute approximate surface area is 115 Å². The van der Waals surface area contributed by atoms with Crippen LogP contribution in [0.4, 0.5) is 0 Å². The zero-order valence-electron chi connectivity index (χ0n) is 12.1. The highest BCUT2D eigenvalue weighted by molar-refractivity contribution is 5.27. The second-order valence-electron chi connectivity index (χ2n) is 5.80. The van der Waals surface area contributed by atoms with E-state index in [0.29, 0.717) is 6.61 Å². The largest absolute Gasteiger partial charge is 0.497 e. The fourth-order valence-corrected chi connectivity index (χ4v) is 2.61. The van der Waals surface area contributed by atoms with Crippen LogP contribution < -0.4 is 10.5 Å². The van der Waals surface area contributed by atoms with E-state index in [9.17, 15) is 0 Å². The van der Waals surface area contributed by atoms with E-state index in [1.54, 1.807) is 7.11 Å². The molecule has 2 atom stereocenters. The van der Waals surface area contributed by atoms with Crippen LogP contribution in [0.15, 0.2) is 24.3 Å². The number of hydrogen-bond acceptors (Lipinski definition) is 4. The first-order chi connectivity index (χ1) is 9.03. The first-order valence-corrected chi connectivity index (χ1v) is 6.68. The Morgan fingerprint density at radius 1 is 1.42 bits per heavy atom. The van der Waals surface area contributed by atoms with E-state index in [2.05, 4.69) is 31.0 Å². The summed E-state index contributed by atoms with van der Waals surface area (Å²) in [6, 6.07) is 8.32. The van der Waals surface area contributed by atoms with Gasteiger partial charge in [0.25, 0.3) is 0 Å². The normalized spacial score (nSPS) is 26.9. The predicted molar refractivity (Wildman–Crippen MR) is 76.2 cm³/mol. The molecule has 0 saturated carbocycles. The molecule has 1 fully saturated rings. The quantitative estimate of drug-likeness (QED) is 0.875. The summed E-state index contributed by atoms with van der Waals surface area (Å²) in [5.41, 5.74) is 7.46. The van der Waals surface area contributed by atoms with Gasteiger partial charge in [-0.25, -0.2) is 0 Å². The fourth-order valence-electron chi connectivity index (χ4n) is 2.61. The summed E-state index contributed by atoms with van der Waals surface area (Å²) in [7, 11) is 3.81. The monoisotopic (exact) mass is 264 g/mol. The molecule has 1 aliphatic heterocycles. The molecule has 0 radical (unpaired) electrons. The van der Waals surface area contributed by atoms with Crippen molar-refractivity contribution in [3.05, 3.63) is 29.8 Å². The van der Waals surface area contributed by atoms with Crippen molar-refractivity contribution in [1.82, 2.24) is 4.90 Å². The lowest BCUT2D eigenvalue weighted by Gasteiger charge is -2.32. The van der Waals surface area contributed by atoms with Crippen molar-refractivity contribution < 1.29 is 9.47 Å². The standard InChI is InChI=1S/C15H24N2O2/c1-15(11-19-9-14(15)16)10-17(2)8-12-4-6-13(18-3)7-5-12/h4-7,14H,8-11,16H2,1-3H3. The third-order valence-corrected chi connectivity index (χ3v) is 3.87. The van der Waals surface area contributed by atoms with Crippen molar-refractivity contribution in [2.75, 3.05) is 33.9 Å². The highest BCUT2D eigenvalue weighted by Gasteiger charge is 2.38. The smallest absolute Gasteiger partial charge is 0.118 e. The third-order valence-electron chi connectivity index (χ3n) is 3.87. The minimum Gasteiger partial charge on any atom is -0.497 e. The Hall–Kier alpha value is -1.10. The van der Waals surface area contributed by atoms with Crippen LogP contribution in [0.2, 0.25) is 0 Å². The van der Waals surface area contributed by atoms with Gasteiger partial charge < -0.3 is 20.1 Å². The lowest BCUT2D eigenvalue weighted by Crippen LogP contribution is -2.45. The molecule has 1 saturated heterocycles. The summed E-state index contributed by atoms with van der Waals surface area (Å²) >= 11 is 0. The zero-order valence-corrected chi connectivity index (χ0v) is 12.1. The minimum atomic E-state index is 0.0568. The Kier molecular flexibility index (Phi) is 4.45. The van der Waals surface area contributed by atoms with Crippen molar-refractivity contribution in [2.45, 2.75) is 19.5 Å². The zero-order chi connectivity index (χ0) is 13.9. The molecule has 19 heavy (non-hydrogen) atoms. The summed E-state index contributed by atoms with van der Waals surface area (Å²) in [6.45, 7) is 5.48. The van der Waals surface area contributed by atoms with Gasteiger partial charge in [-0.2, -0.15) is 0 Å². The first-order valence-electron chi connectivity index (χ1n) is 6.68. The van der Waals surface area contributed by atoms with Gasteiger partial charge in [0.15, 0.2) is 0 Å². The maximum Gasteiger partial charge on any atom is 0.118 e. The van der Waals surface area contributed by atoms with E-state index < -0.39 is 0 Å². The summed E-state index contributed by atoms with van der Waals surface area (Å²) < 4.78 is 10.7. The van der Waals surface area contributed by atoms with Gasteiger partial charge in [0.1, 0.15) is 5.75 Å². The van der Waals surface area contributed by atoms with E-state index >= 15 is 0 Å². The minimum absolute atomic E-state index is 0.0568. The summed E-state index contributed by atoms with van der Waals surface area (Å²) in [5.74, 6) is 0.893. The molecule has 0 amide bonds. The molecule has 1 aliphatic rings. The molecule has 1 aromatic carbocycles. The molecule has 2 unspecified atom stereocenters. The van der Waals surface area contributed by atoms with Gasteiger partial charge in [-0.1, -0.05) is 19.1 Å². The van der Waals surface area contributed by atoms with Gasteiger partial charge in [-0.3, -0.25) is 0 Å². The number of benzene rings is 1. The summed E-state index contributed by atoms with van der Waals surface area (Å²) in [6.07, 6.45) is 0. The van der Waals surface area contributed by atoms with E-state index in [-0.39, 0.29) is 11.5 Å². The maximum absolute atomic E-state index is 6.12. The average molecular weight is 264 g/mol. The Morgan fingerprint density at radius 2 is 2.11 bits per heavy atom. The van der Waals surface area contributed by atoms with E-state index in [1.807, 2.05) is 12.1 Å². The second-order valence-corrected chi connectivity index (χ2v) is 5.80. The number of nitrogens with zero attached hydrogens (tertiary/aromatic N) is 1. The Morgan fingerprint density at radius 3 is 2.63 bits per heavy atom. The molecule has 4 nitrogen and oxygen atoms in total. The van der Waals surface area contributed by atoms with Gasteiger partial charge in [0, 0.05) is 24.5 Å². The van der Waals surface area contributed by atoms with Crippen molar-refractivity contribution in [1.29, 1.82) is 0 Å². The number of ether oxygens (including phenoxy) is 2. The number of hydrogen-bond donors (Lipinski definition) is 1. The number of nitrogens with two attached hydrogens (primary N) is 1. The molecule has 2 N–H and O–H groups in total. The molecule has 1 heterocycles. The summed E-state index contributed by atoms with van der Waals surface area (Å²) in [4.78, 5) is 2.30. The van der Waals surface area contributed by atoms with Gasteiger partial charge >= 0.3 is 0 Å². The van der Waals surface area contributed by atoms with Crippen LogP contribution in [0.1, 0.15) is 12.5 Å². The lowest BCUT2D eigenvalue weighted by molar-refractivity contribution is 0.128. The average Bonchev–Trinajstić information content (AvgIpc) is 2.70. The fraction of sp³-hybridized carbons (Fsp3) is 0.600.